The largest absolute Gasteiger partial charge is 0.355 e. The number of hydrogen-bond donors (Lipinski definition) is 0. The maximum Gasteiger partial charge on any atom is 0.284 e. The molecule has 3 rings (SSSR count). The lowest BCUT2D eigenvalue weighted by atomic mass is 10.2. The zero-order valence-electron chi connectivity index (χ0n) is 13.9. The maximum atomic E-state index is 13.1. The molecule has 1 aliphatic heterocycles. The summed E-state index contributed by atoms with van der Waals surface area (Å²) in [5.74, 6) is -0.00874. The summed E-state index contributed by atoms with van der Waals surface area (Å²) in [6.07, 6.45) is 4.32. The van der Waals surface area contributed by atoms with Crippen LogP contribution in [0.5, 0.6) is 0 Å². The monoisotopic (exact) mass is 360 g/mol. The molecular weight excluding hydrogens is 339 g/mol. The lowest BCUT2D eigenvalue weighted by molar-refractivity contribution is 0.436. The molecule has 4 nitrogen and oxygen atoms in total. The van der Waals surface area contributed by atoms with Crippen LogP contribution in [0.25, 0.3) is 0 Å². The standard InChI is InChI=1S/C19H21FN2O2S/c20-17-10-12-18(13-11-17)25(23,24)21-19(16-8-4-3-5-9-16)22-14-6-1-2-7-15-22/h3-5,8-13H,1-2,6-7,14-15H2. The zero-order valence-corrected chi connectivity index (χ0v) is 14.8. The maximum absolute atomic E-state index is 13.1. The molecule has 1 heterocycles. The van der Waals surface area contributed by atoms with Gasteiger partial charge in [0.25, 0.3) is 10.0 Å². The second-order valence-electron chi connectivity index (χ2n) is 6.11. The Morgan fingerprint density at radius 2 is 1.48 bits per heavy atom. The molecule has 25 heavy (non-hydrogen) atoms. The van der Waals surface area contributed by atoms with Gasteiger partial charge in [-0.15, -0.1) is 4.40 Å². The minimum Gasteiger partial charge on any atom is -0.355 e. The van der Waals surface area contributed by atoms with Crippen LogP contribution in [0.1, 0.15) is 31.2 Å². The van der Waals surface area contributed by atoms with E-state index in [1.165, 1.54) is 12.1 Å². The highest BCUT2D eigenvalue weighted by atomic mass is 32.2. The molecule has 132 valence electrons. The minimum atomic E-state index is -3.91. The van der Waals surface area contributed by atoms with E-state index in [9.17, 15) is 12.8 Å². The van der Waals surface area contributed by atoms with Crippen LogP contribution in [-0.2, 0) is 10.0 Å². The average molecular weight is 360 g/mol. The predicted molar refractivity (Wildman–Crippen MR) is 96.6 cm³/mol. The molecule has 0 aromatic heterocycles. The Bertz CT molecular complexity index is 825. The molecule has 0 saturated carbocycles. The Balaban J connectivity index is 2.03. The van der Waals surface area contributed by atoms with Gasteiger partial charge in [-0.05, 0) is 37.1 Å². The van der Waals surface area contributed by atoms with Crippen LogP contribution in [0, 0.1) is 5.82 Å². The van der Waals surface area contributed by atoms with Crippen molar-refractivity contribution in [1.29, 1.82) is 0 Å². The molecule has 0 aliphatic carbocycles. The Labute approximate surface area is 148 Å². The lowest BCUT2D eigenvalue weighted by Gasteiger charge is -2.24. The van der Waals surface area contributed by atoms with Crippen LogP contribution >= 0.6 is 0 Å². The van der Waals surface area contributed by atoms with Crippen molar-refractivity contribution < 1.29 is 12.8 Å². The van der Waals surface area contributed by atoms with Gasteiger partial charge in [0.15, 0.2) is 0 Å². The van der Waals surface area contributed by atoms with Crippen LogP contribution in [0.2, 0.25) is 0 Å². The Kier molecular flexibility index (Phi) is 5.48. The van der Waals surface area contributed by atoms with Crippen molar-refractivity contribution >= 4 is 15.9 Å². The van der Waals surface area contributed by atoms with Crippen molar-refractivity contribution in [3.63, 3.8) is 0 Å². The third kappa shape index (κ3) is 4.45. The SMILES string of the molecule is O=S(=O)(N=C(c1ccccc1)N1CCCCCC1)c1ccc(F)cc1. The number of likely N-dealkylation sites (tertiary alicyclic amines) is 1. The van der Waals surface area contributed by atoms with Crippen molar-refractivity contribution in [2.45, 2.75) is 30.6 Å². The Morgan fingerprint density at radius 3 is 2.08 bits per heavy atom. The number of benzene rings is 2. The molecule has 6 heteroatoms. The molecule has 0 N–H and O–H groups in total. The Hall–Kier alpha value is -2.21. The first-order chi connectivity index (χ1) is 12.1. The molecular formula is C19H21FN2O2S. The summed E-state index contributed by atoms with van der Waals surface area (Å²) >= 11 is 0. The highest BCUT2D eigenvalue weighted by molar-refractivity contribution is 7.90. The molecule has 2 aromatic carbocycles. The van der Waals surface area contributed by atoms with E-state index in [0.717, 1.165) is 56.5 Å². The molecule has 2 aromatic rings. The van der Waals surface area contributed by atoms with Gasteiger partial charge >= 0.3 is 0 Å². The molecule has 0 atom stereocenters. The van der Waals surface area contributed by atoms with Crippen LogP contribution in [-0.4, -0.2) is 32.2 Å². The van der Waals surface area contributed by atoms with E-state index in [1.54, 1.807) is 0 Å². The normalized spacial score (nSPS) is 16.5. The second kappa shape index (κ2) is 7.78. The summed E-state index contributed by atoms with van der Waals surface area (Å²) in [6.45, 7) is 1.57. The van der Waals surface area contributed by atoms with E-state index >= 15 is 0 Å². The molecule has 0 radical (unpaired) electrons. The van der Waals surface area contributed by atoms with Gasteiger partial charge in [0.1, 0.15) is 11.7 Å². The van der Waals surface area contributed by atoms with Gasteiger partial charge in [0.2, 0.25) is 0 Å². The van der Waals surface area contributed by atoms with Gasteiger partial charge in [-0.2, -0.15) is 8.42 Å². The van der Waals surface area contributed by atoms with Gasteiger partial charge in [-0.25, -0.2) is 4.39 Å². The number of rotatable bonds is 3. The predicted octanol–water partition coefficient (Wildman–Crippen LogP) is 3.84. The highest BCUT2D eigenvalue weighted by Crippen LogP contribution is 2.19. The van der Waals surface area contributed by atoms with Crippen molar-refractivity contribution in [3.05, 3.63) is 66.0 Å². The average Bonchev–Trinajstić information content (AvgIpc) is 2.90. The van der Waals surface area contributed by atoms with E-state index in [2.05, 4.69) is 4.40 Å². The van der Waals surface area contributed by atoms with Crippen molar-refractivity contribution in [2.75, 3.05) is 13.1 Å². The van der Waals surface area contributed by atoms with Gasteiger partial charge in [-0.1, -0.05) is 43.2 Å². The number of nitrogens with zero attached hydrogens (tertiary/aromatic N) is 2. The quantitative estimate of drug-likeness (QED) is 0.617. The topological polar surface area (TPSA) is 49.7 Å². The number of amidine groups is 1. The summed E-state index contributed by atoms with van der Waals surface area (Å²) in [7, 11) is -3.91. The first kappa shape index (κ1) is 17.6. The fourth-order valence-electron chi connectivity index (χ4n) is 2.94. The van der Waals surface area contributed by atoms with Crippen molar-refractivity contribution in [3.8, 4) is 0 Å². The highest BCUT2D eigenvalue weighted by Gasteiger charge is 2.21. The summed E-state index contributed by atoms with van der Waals surface area (Å²) in [5.41, 5.74) is 0.773. The molecule has 1 saturated heterocycles. The fourth-order valence-corrected chi connectivity index (χ4v) is 3.97. The van der Waals surface area contributed by atoms with E-state index < -0.39 is 15.8 Å². The molecule has 0 bridgehead atoms. The van der Waals surface area contributed by atoms with Crippen molar-refractivity contribution in [2.24, 2.45) is 4.40 Å². The van der Waals surface area contributed by atoms with Crippen LogP contribution < -0.4 is 0 Å². The van der Waals surface area contributed by atoms with Crippen LogP contribution in [0.4, 0.5) is 4.39 Å². The zero-order chi connectivity index (χ0) is 17.7. The fraction of sp³-hybridized carbons (Fsp3) is 0.316. The number of sulfonamides is 1. The van der Waals surface area contributed by atoms with E-state index in [1.807, 2.05) is 35.2 Å². The van der Waals surface area contributed by atoms with E-state index in [0.29, 0.717) is 5.84 Å². The Morgan fingerprint density at radius 1 is 0.880 bits per heavy atom. The molecule has 0 amide bonds. The summed E-state index contributed by atoms with van der Waals surface area (Å²) < 4.78 is 42.7. The number of hydrogen-bond acceptors (Lipinski definition) is 2. The summed E-state index contributed by atoms with van der Waals surface area (Å²) in [4.78, 5) is 2.04. The molecule has 0 spiro atoms. The van der Waals surface area contributed by atoms with E-state index in [4.69, 9.17) is 0 Å². The van der Waals surface area contributed by atoms with Crippen LogP contribution in [0.3, 0.4) is 0 Å². The van der Waals surface area contributed by atoms with Gasteiger partial charge in [-0.3, -0.25) is 0 Å². The summed E-state index contributed by atoms with van der Waals surface area (Å²) in [5, 5.41) is 0. The van der Waals surface area contributed by atoms with Crippen LogP contribution in [0.15, 0.2) is 63.9 Å². The third-order valence-corrected chi connectivity index (χ3v) is 5.54. The molecule has 1 fully saturated rings. The van der Waals surface area contributed by atoms with Gasteiger partial charge in [0.05, 0.1) is 4.90 Å². The van der Waals surface area contributed by atoms with Gasteiger partial charge < -0.3 is 4.90 Å². The second-order valence-corrected chi connectivity index (χ2v) is 7.72. The molecule has 1 aliphatic rings. The number of halogens is 1. The van der Waals surface area contributed by atoms with Crippen molar-refractivity contribution in [1.82, 2.24) is 4.90 Å². The third-order valence-electron chi connectivity index (χ3n) is 4.26. The summed E-state index contributed by atoms with van der Waals surface area (Å²) in [6, 6.07) is 14.1. The first-order valence-electron chi connectivity index (χ1n) is 8.47. The molecule has 0 unspecified atom stereocenters. The lowest BCUT2D eigenvalue weighted by Crippen LogP contribution is -2.33. The van der Waals surface area contributed by atoms with E-state index in [-0.39, 0.29) is 4.90 Å². The first-order valence-corrected chi connectivity index (χ1v) is 9.91. The van der Waals surface area contributed by atoms with Gasteiger partial charge in [0, 0.05) is 18.7 Å². The smallest absolute Gasteiger partial charge is 0.284 e. The minimum absolute atomic E-state index is 0.00264.